The Bertz CT molecular complexity index is 943. The minimum Gasteiger partial charge on any atom is -0.493 e. The van der Waals surface area contributed by atoms with Gasteiger partial charge < -0.3 is 25.4 Å². The number of rotatable bonds is 6. The first-order valence-corrected chi connectivity index (χ1v) is 8.55. The molecule has 3 aromatic rings. The summed E-state index contributed by atoms with van der Waals surface area (Å²) in [4.78, 5) is 12.2. The largest absolute Gasteiger partial charge is 0.493 e. The van der Waals surface area contributed by atoms with Crippen molar-refractivity contribution in [1.29, 1.82) is 0 Å². The van der Waals surface area contributed by atoms with E-state index in [-0.39, 0.29) is 6.03 Å². The molecule has 0 aliphatic rings. The molecular formula is C20H21N5O3. The Labute approximate surface area is 162 Å². The predicted molar refractivity (Wildman–Crippen MR) is 109 cm³/mol. The third kappa shape index (κ3) is 4.88. The van der Waals surface area contributed by atoms with Crippen LogP contribution in [0.5, 0.6) is 11.5 Å². The van der Waals surface area contributed by atoms with Crippen LogP contribution < -0.4 is 25.4 Å². The van der Waals surface area contributed by atoms with E-state index in [2.05, 4.69) is 26.1 Å². The Kier molecular flexibility index (Phi) is 5.91. The van der Waals surface area contributed by atoms with Crippen molar-refractivity contribution in [2.45, 2.75) is 6.92 Å². The smallest absolute Gasteiger partial charge is 0.323 e. The quantitative estimate of drug-likeness (QED) is 0.594. The lowest BCUT2D eigenvalue weighted by molar-refractivity contribution is 0.262. The highest BCUT2D eigenvalue weighted by Crippen LogP contribution is 2.29. The number of amides is 2. The number of urea groups is 1. The lowest BCUT2D eigenvalue weighted by atomic mass is 10.2. The number of hydrogen-bond acceptors (Lipinski definition) is 6. The van der Waals surface area contributed by atoms with Crippen LogP contribution in [-0.4, -0.2) is 30.4 Å². The highest BCUT2D eigenvalue weighted by atomic mass is 16.5. The number of nitrogens with one attached hydrogen (secondary N) is 3. The molecule has 0 radical (unpaired) electrons. The molecule has 0 aliphatic carbocycles. The first-order chi connectivity index (χ1) is 13.6. The molecule has 0 unspecified atom stereocenters. The number of carbonyl (C=O) groups is 1. The second kappa shape index (κ2) is 8.72. The van der Waals surface area contributed by atoms with Crippen LogP contribution >= 0.6 is 0 Å². The zero-order chi connectivity index (χ0) is 19.9. The van der Waals surface area contributed by atoms with Gasteiger partial charge in [0.1, 0.15) is 0 Å². The topological polar surface area (TPSA) is 97.4 Å². The summed E-state index contributed by atoms with van der Waals surface area (Å²) in [7, 11) is 3.10. The zero-order valence-electron chi connectivity index (χ0n) is 15.8. The zero-order valence-corrected chi connectivity index (χ0v) is 15.8. The van der Waals surface area contributed by atoms with E-state index in [1.165, 1.54) is 0 Å². The van der Waals surface area contributed by atoms with Crippen LogP contribution in [0.3, 0.4) is 0 Å². The average Bonchev–Trinajstić information content (AvgIpc) is 2.71. The molecule has 3 N–H and O–H groups in total. The molecule has 1 heterocycles. The fourth-order valence-electron chi connectivity index (χ4n) is 2.46. The molecule has 2 aromatic carbocycles. The molecule has 0 atom stereocenters. The van der Waals surface area contributed by atoms with Crippen LogP contribution in [0.1, 0.15) is 5.69 Å². The van der Waals surface area contributed by atoms with E-state index in [4.69, 9.17) is 9.47 Å². The summed E-state index contributed by atoms with van der Waals surface area (Å²) in [6.07, 6.45) is 0. The Morgan fingerprint density at radius 1 is 0.786 bits per heavy atom. The molecular weight excluding hydrogens is 358 g/mol. The number of nitrogens with zero attached hydrogens (tertiary/aromatic N) is 2. The van der Waals surface area contributed by atoms with E-state index in [1.54, 1.807) is 44.6 Å². The van der Waals surface area contributed by atoms with E-state index in [9.17, 15) is 4.79 Å². The number of benzene rings is 2. The average molecular weight is 379 g/mol. The minimum absolute atomic E-state index is 0.364. The first kappa shape index (κ1) is 19.0. The molecule has 0 fully saturated rings. The van der Waals surface area contributed by atoms with Gasteiger partial charge in [-0.2, -0.15) is 5.10 Å². The summed E-state index contributed by atoms with van der Waals surface area (Å²) in [5.74, 6) is 1.78. The van der Waals surface area contributed by atoms with Crippen molar-refractivity contribution >= 4 is 28.9 Å². The maximum absolute atomic E-state index is 12.2. The fourth-order valence-corrected chi connectivity index (χ4v) is 2.46. The third-order valence-electron chi connectivity index (χ3n) is 3.85. The van der Waals surface area contributed by atoms with E-state index in [0.717, 1.165) is 11.4 Å². The van der Waals surface area contributed by atoms with Crippen molar-refractivity contribution in [1.82, 2.24) is 10.2 Å². The van der Waals surface area contributed by atoms with Gasteiger partial charge >= 0.3 is 6.03 Å². The number of methoxy groups -OCH3 is 2. The Hall–Kier alpha value is -3.81. The van der Waals surface area contributed by atoms with E-state index >= 15 is 0 Å². The molecule has 0 spiro atoms. The number of carbonyl (C=O) groups excluding carboxylic acids is 1. The van der Waals surface area contributed by atoms with E-state index in [0.29, 0.717) is 28.7 Å². The number of aromatic nitrogens is 2. The summed E-state index contributed by atoms with van der Waals surface area (Å²) in [6, 6.07) is 15.8. The molecule has 1 aromatic heterocycles. The second-order valence-corrected chi connectivity index (χ2v) is 5.91. The predicted octanol–water partition coefficient (Wildman–Crippen LogP) is 4.19. The molecule has 0 saturated carbocycles. The van der Waals surface area contributed by atoms with Crippen molar-refractivity contribution < 1.29 is 14.3 Å². The highest BCUT2D eigenvalue weighted by molar-refractivity contribution is 6.00. The van der Waals surface area contributed by atoms with Crippen molar-refractivity contribution in [2.24, 2.45) is 0 Å². The molecule has 0 saturated heterocycles. The van der Waals surface area contributed by atoms with Crippen LogP contribution in [-0.2, 0) is 0 Å². The summed E-state index contributed by atoms with van der Waals surface area (Å²) in [5, 5.41) is 16.7. The lowest BCUT2D eigenvalue weighted by Crippen LogP contribution is -2.19. The third-order valence-corrected chi connectivity index (χ3v) is 3.85. The van der Waals surface area contributed by atoms with Crippen LogP contribution in [0, 0.1) is 6.92 Å². The van der Waals surface area contributed by atoms with E-state index in [1.807, 2.05) is 31.2 Å². The summed E-state index contributed by atoms with van der Waals surface area (Å²) in [5.41, 5.74) is 2.93. The standard InChI is InChI=1S/C20H21N5O3/c1-13-4-11-19(25-24-13)21-14-5-7-15(8-6-14)22-20(26)23-16-9-10-17(27-2)18(12-16)28-3/h4-12H,1-3H3,(H,21,25)(H2,22,23,26). The molecule has 28 heavy (non-hydrogen) atoms. The van der Waals surface area contributed by atoms with Gasteiger partial charge in [0.2, 0.25) is 0 Å². The van der Waals surface area contributed by atoms with E-state index < -0.39 is 0 Å². The minimum atomic E-state index is -0.364. The molecule has 8 nitrogen and oxygen atoms in total. The highest BCUT2D eigenvalue weighted by Gasteiger charge is 2.08. The first-order valence-electron chi connectivity index (χ1n) is 8.55. The van der Waals surface area contributed by atoms with Crippen LogP contribution in [0.25, 0.3) is 0 Å². The normalized spacial score (nSPS) is 10.1. The van der Waals surface area contributed by atoms with Gasteiger partial charge in [-0.1, -0.05) is 0 Å². The van der Waals surface area contributed by atoms with Gasteiger partial charge in [-0.25, -0.2) is 4.79 Å². The molecule has 2 amide bonds. The molecule has 0 aliphatic heterocycles. The number of aryl methyl sites for hydroxylation is 1. The maximum Gasteiger partial charge on any atom is 0.323 e. The van der Waals surface area contributed by atoms with Crippen LogP contribution in [0.4, 0.5) is 27.7 Å². The Morgan fingerprint density at radius 3 is 2.07 bits per heavy atom. The SMILES string of the molecule is COc1ccc(NC(=O)Nc2ccc(Nc3ccc(C)nn3)cc2)cc1OC. The van der Waals surface area contributed by atoms with Gasteiger partial charge in [-0.05, 0) is 55.5 Å². The van der Waals surface area contributed by atoms with Crippen molar-refractivity contribution in [3.8, 4) is 11.5 Å². The maximum atomic E-state index is 12.2. The number of ether oxygens (including phenoxy) is 2. The number of hydrogen-bond donors (Lipinski definition) is 3. The van der Waals surface area contributed by atoms with Gasteiger partial charge in [0.05, 0.1) is 19.9 Å². The molecule has 144 valence electrons. The van der Waals surface area contributed by atoms with Gasteiger partial charge in [0, 0.05) is 23.1 Å². The Balaban J connectivity index is 1.59. The second-order valence-electron chi connectivity index (χ2n) is 5.91. The van der Waals surface area contributed by atoms with Crippen molar-refractivity contribution in [3.05, 3.63) is 60.3 Å². The molecule has 3 rings (SSSR count). The summed E-state index contributed by atoms with van der Waals surface area (Å²) in [6.45, 7) is 1.88. The monoisotopic (exact) mass is 379 g/mol. The Morgan fingerprint density at radius 2 is 1.43 bits per heavy atom. The van der Waals surface area contributed by atoms with Gasteiger partial charge in [0.15, 0.2) is 17.3 Å². The lowest BCUT2D eigenvalue weighted by Gasteiger charge is -2.12. The van der Waals surface area contributed by atoms with Crippen LogP contribution in [0.2, 0.25) is 0 Å². The van der Waals surface area contributed by atoms with Gasteiger partial charge in [-0.15, -0.1) is 5.10 Å². The summed E-state index contributed by atoms with van der Waals surface area (Å²) >= 11 is 0. The van der Waals surface area contributed by atoms with Gasteiger partial charge in [0.25, 0.3) is 0 Å². The fraction of sp³-hybridized carbons (Fsp3) is 0.150. The van der Waals surface area contributed by atoms with Crippen LogP contribution in [0.15, 0.2) is 54.6 Å². The van der Waals surface area contributed by atoms with Crippen molar-refractivity contribution in [2.75, 3.05) is 30.2 Å². The van der Waals surface area contributed by atoms with Crippen molar-refractivity contribution in [3.63, 3.8) is 0 Å². The van der Waals surface area contributed by atoms with Gasteiger partial charge in [-0.3, -0.25) is 0 Å². The summed E-state index contributed by atoms with van der Waals surface area (Å²) < 4.78 is 10.4. The molecule has 0 bridgehead atoms. The molecule has 8 heteroatoms. The number of anilines is 4.